The van der Waals surface area contributed by atoms with Crippen LogP contribution in [0.1, 0.15) is 81.5 Å². The van der Waals surface area contributed by atoms with Gasteiger partial charge in [0, 0.05) is 47.2 Å². The number of rotatable bonds is 5. The van der Waals surface area contributed by atoms with Crippen molar-refractivity contribution in [2.75, 3.05) is 24.3 Å². The fourth-order valence-electron chi connectivity index (χ4n) is 5.61. The summed E-state index contributed by atoms with van der Waals surface area (Å²) >= 11 is 8.19. The lowest BCUT2D eigenvalue weighted by atomic mass is 9.91. The van der Waals surface area contributed by atoms with Crippen molar-refractivity contribution in [2.24, 2.45) is 0 Å². The molecule has 1 aliphatic carbocycles. The first-order valence-electron chi connectivity index (χ1n) is 13.0. The van der Waals surface area contributed by atoms with Crippen molar-refractivity contribution in [1.29, 1.82) is 0 Å². The van der Waals surface area contributed by atoms with Crippen molar-refractivity contribution < 1.29 is 13.9 Å². The molecule has 0 radical (unpaired) electrons. The Balaban J connectivity index is 1.40. The van der Waals surface area contributed by atoms with Crippen LogP contribution in [0.5, 0.6) is 6.01 Å². The van der Waals surface area contributed by atoms with Gasteiger partial charge in [0.2, 0.25) is 0 Å². The van der Waals surface area contributed by atoms with Gasteiger partial charge < -0.3 is 15.4 Å². The summed E-state index contributed by atoms with van der Waals surface area (Å²) in [6, 6.07) is 1.94. The number of methoxy groups -OCH3 is 1. The zero-order chi connectivity index (χ0) is 27.3. The van der Waals surface area contributed by atoms with Gasteiger partial charge in [-0.15, -0.1) is 17.7 Å². The molecule has 1 fully saturated rings. The minimum Gasteiger partial charge on any atom is -0.467 e. The molecule has 0 saturated heterocycles. The molecule has 1 atom stereocenters. The number of anilines is 2. The van der Waals surface area contributed by atoms with Crippen LogP contribution in [-0.4, -0.2) is 39.7 Å². The van der Waals surface area contributed by atoms with E-state index in [1.807, 2.05) is 0 Å². The van der Waals surface area contributed by atoms with E-state index in [1.165, 1.54) is 0 Å². The molecule has 3 aliphatic rings. The van der Waals surface area contributed by atoms with Gasteiger partial charge in [-0.05, 0) is 43.7 Å². The SMILES string of the molecule is CC#Cc1cc(N)c(F)c(C2Cc3nc(OC)nc(N4CCCn5nc(C=O)c(Cl)c5C4)c3CS2)c1C1CC1. The summed E-state index contributed by atoms with van der Waals surface area (Å²) in [7, 11) is 1.55. The molecule has 3 aromatic rings. The molecule has 6 rings (SSSR count). The van der Waals surface area contributed by atoms with Crippen molar-refractivity contribution in [2.45, 2.75) is 62.6 Å². The lowest BCUT2D eigenvalue weighted by molar-refractivity contribution is 0.111. The summed E-state index contributed by atoms with van der Waals surface area (Å²) in [6.07, 6.45) is 4.07. The number of aromatic nitrogens is 4. The van der Waals surface area contributed by atoms with Crippen LogP contribution in [0.25, 0.3) is 0 Å². The molecule has 1 saturated carbocycles. The van der Waals surface area contributed by atoms with Crippen molar-refractivity contribution in [3.63, 3.8) is 0 Å². The maximum absolute atomic E-state index is 15.7. The van der Waals surface area contributed by atoms with Gasteiger partial charge in [0.15, 0.2) is 12.1 Å². The standard InChI is InChI=1S/C28H28ClFN6O2S/c1-3-5-16-10-18(31)26(30)24(23(16)15-6-7-15)22-11-19-17(14-39-22)27(33-28(32-19)38-2)35-8-4-9-36-21(12-35)25(29)20(13-37)34-36/h10,13,15,22H,4,6-9,11-12,14,31H2,1-2H3. The van der Waals surface area contributed by atoms with E-state index < -0.39 is 0 Å². The molecule has 202 valence electrons. The topological polar surface area (TPSA) is 99.2 Å². The molecule has 2 aromatic heterocycles. The Hall–Kier alpha value is -3.29. The Bertz CT molecular complexity index is 1540. The molecule has 0 amide bonds. The quantitative estimate of drug-likeness (QED) is 0.260. The summed E-state index contributed by atoms with van der Waals surface area (Å²) in [4.78, 5) is 23.0. The van der Waals surface area contributed by atoms with Crippen LogP contribution in [0.2, 0.25) is 5.02 Å². The normalized spacial score (nSPS) is 18.5. The summed E-state index contributed by atoms with van der Waals surface area (Å²) in [5.41, 5.74) is 11.6. The number of hydrogen-bond donors (Lipinski definition) is 1. The first kappa shape index (κ1) is 26.0. The van der Waals surface area contributed by atoms with E-state index in [2.05, 4.69) is 21.8 Å². The molecular formula is C28H28ClFN6O2S. The van der Waals surface area contributed by atoms with Crippen LogP contribution in [0, 0.1) is 17.7 Å². The number of carbonyl (C=O) groups is 1. The third-order valence-electron chi connectivity index (χ3n) is 7.55. The van der Waals surface area contributed by atoms with Gasteiger partial charge >= 0.3 is 6.01 Å². The average Bonchev–Trinajstić information content (AvgIpc) is 3.76. The third kappa shape index (κ3) is 4.61. The fraction of sp³-hybridized carbons (Fsp3) is 0.429. The maximum atomic E-state index is 15.7. The highest BCUT2D eigenvalue weighted by Gasteiger charge is 2.37. The van der Waals surface area contributed by atoms with E-state index in [0.29, 0.717) is 48.1 Å². The lowest BCUT2D eigenvalue weighted by Crippen LogP contribution is -2.27. The zero-order valence-electron chi connectivity index (χ0n) is 21.8. The molecule has 1 unspecified atom stereocenters. The van der Waals surface area contributed by atoms with Gasteiger partial charge in [-0.1, -0.05) is 17.5 Å². The van der Waals surface area contributed by atoms with Crippen molar-refractivity contribution in [3.8, 4) is 17.9 Å². The number of benzene rings is 1. The molecule has 1 aromatic carbocycles. The van der Waals surface area contributed by atoms with E-state index >= 15 is 4.39 Å². The molecular weight excluding hydrogens is 539 g/mol. The number of halogens is 2. The number of nitrogen functional groups attached to an aromatic ring is 1. The van der Waals surface area contributed by atoms with Gasteiger partial charge in [-0.3, -0.25) is 9.48 Å². The van der Waals surface area contributed by atoms with Crippen molar-refractivity contribution >= 4 is 41.2 Å². The van der Waals surface area contributed by atoms with E-state index in [9.17, 15) is 4.79 Å². The molecule has 0 bridgehead atoms. The minimum atomic E-state index is -0.345. The smallest absolute Gasteiger partial charge is 0.318 e. The highest BCUT2D eigenvalue weighted by molar-refractivity contribution is 7.98. The Morgan fingerprint density at radius 1 is 1.28 bits per heavy atom. The van der Waals surface area contributed by atoms with E-state index in [-0.39, 0.29) is 28.5 Å². The third-order valence-corrected chi connectivity index (χ3v) is 9.22. The van der Waals surface area contributed by atoms with Crippen LogP contribution in [0.15, 0.2) is 6.07 Å². The Morgan fingerprint density at radius 2 is 2.10 bits per heavy atom. The number of carbonyl (C=O) groups excluding carboxylic acids is 1. The number of fused-ring (bicyclic) bond motifs is 2. The zero-order valence-corrected chi connectivity index (χ0v) is 23.3. The Labute approximate surface area is 235 Å². The van der Waals surface area contributed by atoms with E-state index in [0.717, 1.165) is 59.7 Å². The van der Waals surface area contributed by atoms with Crippen LogP contribution in [-0.2, 0) is 25.3 Å². The average molecular weight is 567 g/mol. The van der Waals surface area contributed by atoms with Crippen LogP contribution in [0.4, 0.5) is 15.9 Å². The van der Waals surface area contributed by atoms with Crippen LogP contribution >= 0.6 is 23.4 Å². The number of hydrogen-bond acceptors (Lipinski definition) is 8. The minimum absolute atomic E-state index is 0.132. The number of aryl methyl sites for hydroxylation is 1. The molecule has 0 spiro atoms. The second-order valence-electron chi connectivity index (χ2n) is 10.0. The van der Waals surface area contributed by atoms with E-state index in [1.54, 1.807) is 36.5 Å². The maximum Gasteiger partial charge on any atom is 0.318 e. The first-order chi connectivity index (χ1) is 18.9. The predicted octanol–water partition coefficient (Wildman–Crippen LogP) is 5.06. The highest BCUT2D eigenvalue weighted by Crippen LogP contribution is 2.51. The van der Waals surface area contributed by atoms with Gasteiger partial charge in [0.05, 0.1) is 35.8 Å². The molecule has 39 heavy (non-hydrogen) atoms. The lowest BCUT2D eigenvalue weighted by Gasteiger charge is -2.31. The van der Waals surface area contributed by atoms with Crippen LogP contribution < -0.4 is 15.4 Å². The molecule has 4 heterocycles. The summed E-state index contributed by atoms with van der Waals surface area (Å²) < 4.78 is 23.0. The number of nitrogens with zero attached hydrogens (tertiary/aromatic N) is 5. The highest BCUT2D eigenvalue weighted by atomic mass is 35.5. The fourth-order valence-corrected chi connectivity index (χ4v) is 7.18. The van der Waals surface area contributed by atoms with Gasteiger partial charge in [0.25, 0.3) is 0 Å². The number of ether oxygens (including phenoxy) is 1. The Kier molecular flexibility index (Phi) is 6.89. The summed E-state index contributed by atoms with van der Waals surface area (Å²) in [5.74, 6) is 7.47. The van der Waals surface area contributed by atoms with Crippen molar-refractivity contribution in [1.82, 2.24) is 19.7 Å². The van der Waals surface area contributed by atoms with Gasteiger partial charge in [-0.2, -0.15) is 15.1 Å². The van der Waals surface area contributed by atoms with Crippen molar-refractivity contribution in [3.05, 3.63) is 56.2 Å². The van der Waals surface area contributed by atoms with E-state index in [4.69, 9.17) is 32.0 Å². The second kappa shape index (κ2) is 10.4. The van der Waals surface area contributed by atoms with Crippen LogP contribution in [0.3, 0.4) is 0 Å². The first-order valence-corrected chi connectivity index (χ1v) is 14.4. The number of nitrogens with two attached hydrogens (primary N) is 1. The molecule has 8 nitrogen and oxygen atoms in total. The monoisotopic (exact) mass is 566 g/mol. The predicted molar refractivity (Wildman–Crippen MR) is 150 cm³/mol. The summed E-state index contributed by atoms with van der Waals surface area (Å²) in [5, 5.41) is 4.57. The molecule has 2 aliphatic heterocycles. The number of aldehydes is 1. The second-order valence-corrected chi connectivity index (χ2v) is 11.6. The number of thioether (sulfide) groups is 1. The van der Waals surface area contributed by atoms with Gasteiger partial charge in [0.1, 0.15) is 11.5 Å². The summed E-state index contributed by atoms with van der Waals surface area (Å²) in [6.45, 7) is 3.62. The molecule has 11 heteroatoms. The largest absolute Gasteiger partial charge is 0.467 e. The Morgan fingerprint density at radius 3 is 2.82 bits per heavy atom. The van der Waals surface area contributed by atoms with Gasteiger partial charge in [-0.25, -0.2) is 4.39 Å². The molecule has 2 N–H and O–H groups in total.